The second-order valence-electron chi connectivity index (χ2n) is 7.43. The van der Waals surface area contributed by atoms with Crippen LogP contribution in [0, 0.1) is 24.2 Å². The Labute approximate surface area is 180 Å². The van der Waals surface area contributed by atoms with Crippen LogP contribution in [0.1, 0.15) is 29.5 Å². The Morgan fingerprint density at radius 1 is 1.20 bits per heavy atom. The van der Waals surface area contributed by atoms with Gasteiger partial charge in [0, 0.05) is 18.7 Å². The molecule has 1 aromatic heterocycles. The van der Waals surface area contributed by atoms with Gasteiger partial charge >= 0.3 is 0 Å². The third kappa shape index (κ3) is 4.29. The van der Waals surface area contributed by atoms with Gasteiger partial charge in [-0.25, -0.2) is 4.98 Å². The van der Waals surface area contributed by atoms with Gasteiger partial charge in [-0.3, -0.25) is 4.79 Å². The largest absolute Gasteiger partial charge is 0.364 e. The molecule has 0 unspecified atom stereocenters. The summed E-state index contributed by atoms with van der Waals surface area (Å²) in [6, 6.07) is 17.8. The number of halogens is 1. The smallest absolute Gasteiger partial charge is 0.227 e. The van der Waals surface area contributed by atoms with Gasteiger partial charge < -0.3 is 10.6 Å². The van der Waals surface area contributed by atoms with E-state index in [1.54, 1.807) is 6.20 Å². The van der Waals surface area contributed by atoms with Gasteiger partial charge in [0.25, 0.3) is 0 Å². The summed E-state index contributed by atoms with van der Waals surface area (Å²) in [5.41, 5.74) is 5.06. The van der Waals surface area contributed by atoms with Crippen LogP contribution in [0.15, 0.2) is 54.7 Å². The van der Waals surface area contributed by atoms with E-state index in [0.717, 1.165) is 35.1 Å². The van der Waals surface area contributed by atoms with Crippen LogP contribution in [-0.4, -0.2) is 10.9 Å². The summed E-state index contributed by atoms with van der Waals surface area (Å²) < 4.78 is 0. The zero-order valence-corrected chi connectivity index (χ0v) is 17.3. The lowest BCUT2D eigenvalue weighted by atomic mass is 9.99. The van der Waals surface area contributed by atoms with Gasteiger partial charge in [-0.15, -0.1) is 0 Å². The van der Waals surface area contributed by atoms with Crippen molar-refractivity contribution < 1.29 is 4.79 Å². The molecule has 0 aliphatic heterocycles. The van der Waals surface area contributed by atoms with Crippen LogP contribution in [0.4, 0.5) is 11.5 Å². The molecule has 1 aliphatic rings. The Hall–Kier alpha value is -3.36. The molecule has 1 amide bonds. The van der Waals surface area contributed by atoms with Crippen molar-refractivity contribution in [2.24, 2.45) is 5.92 Å². The average Bonchev–Trinajstić information content (AvgIpc) is 3.62. The summed E-state index contributed by atoms with van der Waals surface area (Å²) in [6.07, 6.45) is 3.46. The van der Waals surface area contributed by atoms with Gasteiger partial charge in [-0.2, -0.15) is 5.26 Å². The van der Waals surface area contributed by atoms with E-state index in [9.17, 15) is 10.1 Å². The molecular formula is C24H21ClN4O. The second kappa shape index (κ2) is 8.56. The van der Waals surface area contributed by atoms with E-state index in [2.05, 4.69) is 21.7 Å². The zero-order valence-electron chi connectivity index (χ0n) is 16.6. The monoisotopic (exact) mass is 416 g/mol. The van der Waals surface area contributed by atoms with E-state index < -0.39 is 0 Å². The molecule has 1 saturated carbocycles. The van der Waals surface area contributed by atoms with E-state index in [1.807, 2.05) is 55.5 Å². The van der Waals surface area contributed by atoms with E-state index >= 15 is 0 Å². The lowest BCUT2D eigenvalue weighted by Gasteiger charge is -2.16. The van der Waals surface area contributed by atoms with Crippen LogP contribution in [0.3, 0.4) is 0 Å². The molecule has 0 saturated heterocycles. The first-order valence-corrected chi connectivity index (χ1v) is 10.2. The van der Waals surface area contributed by atoms with Crippen molar-refractivity contribution in [1.82, 2.24) is 4.98 Å². The third-order valence-corrected chi connectivity index (χ3v) is 5.63. The molecule has 1 aliphatic carbocycles. The van der Waals surface area contributed by atoms with Gasteiger partial charge in [0.05, 0.1) is 22.3 Å². The lowest BCUT2D eigenvalue weighted by molar-refractivity contribution is -0.117. The minimum Gasteiger partial charge on any atom is -0.364 e. The first-order chi connectivity index (χ1) is 14.6. The highest BCUT2D eigenvalue weighted by Gasteiger charge is 2.30. The number of hydrogen-bond acceptors (Lipinski definition) is 4. The molecule has 2 N–H and O–H groups in total. The SMILES string of the molecule is Cc1c(Cl)cnc(NCc2ccc(-c3ccccc3C#N)cc2)c1NC(=O)C1CC1. The maximum atomic E-state index is 12.3. The molecule has 0 atom stereocenters. The van der Waals surface area contributed by atoms with Crippen molar-refractivity contribution in [2.75, 3.05) is 10.6 Å². The van der Waals surface area contributed by atoms with Gasteiger partial charge in [0.15, 0.2) is 0 Å². The van der Waals surface area contributed by atoms with E-state index in [0.29, 0.717) is 28.6 Å². The van der Waals surface area contributed by atoms with Crippen LogP contribution in [0.5, 0.6) is 0 Å². The van der Waals surface area contributed by atoms with Crippen LogP contribution in [-0.2, 0) is 11.3 Å². The minimum absolute atomic E-state index is 0.0192. The Morgan fingerprint density at radius 3 is 2.63 bits per heavy atom. The predicted octanol–water partition coefficient (Wildman–Crippen LogP) is 5.54. The van der Waals surface area contributed by atoms with Gasteiger partial charge in [0.1, 0.15) is 5.82 Å². The third-order valence-electron chi connectivity index (χ3n) is 5.25. The quantitative estimate of drug-likeness (QED) is 0.552. The molecule has 6 heteroatoms. The van der Waals surface area contributed by atoms with Gasteiger partial charge in [0.2, 0.25) is 5.91 Å². The number of nitriles is 1. The molecule has 5 nitrogen and oxygen atoms in total. The maximum Gasteiger partial charge on any atom is 0.227 e. The van der Waals surface area contributed by atoms with E-state index in [1.165, 1.54) is 0 Å². The van der Waals surface area contributed by atoms with E-state index in [4.69, 9.17) is 11.6 Å². The van der Waals surface area contributed by atoms with Crippen molar-refractivity contribution in [1.29, 1.82) is 5.26 Å². The summed E-state index contributed by atoms with van der Waals surface area (Å²) in [5.74, 6) is 0.718. The number of hydrogen-bond donors (Lipinski definition) is 2. The molecular weight excluding hydrogens is 396 g/mol. The first kappa shape index (κ1) is 19.9. The summed E-state index contributed by atoms with van der Waals surface area (Å²) in [7, 11) is 0. The summed E-state index contributed by atoms with van der Waals surface area (Å²) in [4.78, 5) is 16.6. The van der Waals surface area contributed by atoms with Crippen LogP contribution in [0.25, 0.3) is 11.1 Å². The highest BCUT2D eigenvalue weighted by Crippen LogP contribution is 2.34. The highest BCUT2D eigenvalue weighted by molar-refractivity contribution is 6.31. The normalized spacial score (nSPS) is 12.8. The summed E-state index contributed by atoms with van der Waals surface area (Å²) in [5, 5.41) is 16.1. The van der Waals surface area contributed by atoms with Gasteiger partial charge in [-0.05, 0) is 48.1 Å². The second-order valence-corrected chi connectivity index (χ2v) is 7.83. The van der Waals surface area contributed by atoms with Crippen LogP contribution >= 0.6 is 11.6 Å². The van der Waals surface area contributed by atoms with E-state index in [-0.39, 0.29) is 11.8 Å². The van der Waals surface area contributed by atoms with Gasteiger partial charge in [-0.1, -0.05) is 54.1 Å². The fraction of sp³-hybridized carbons (Fsp3) is 0.208. The lowest BCUT2D eigenvalue weighted by Crippen LogP contribution is -2.17. The van der Waals surface area contributed by atoms with Crippen molar-refractivity contribution >= 4 is 29.0 Å². The molecule has 4 rings (SSSR count). The average molecular weight is 417 g/mol. The number of carbonyl (C=O) groups is 1. The van der Waals surface area contributed by atoms with Crippen molar-refractivity contribution in [2.45, 2.75) is 26.3 Å². The fourth-order valence-electron chi connectivity index (χ4n) is 3.26. The fourth-order valence-corrected chi connectivity index (χ4v) is 3.40. The zero-order chi connectivity index (χ0) is 21.1. The number of aromatic nitrogens is 1. The first-order valence-electron chi connectivity index (χ1n) is 9.85. The molecule has 30 heavy (non-hydrogen) atoms. The topological polar surface area (TPSA) is 77.8 Å². The number of pyridine rings is 1. The molecule has 150 valence electrons. The Kier molecular flexibility index (Phi) is 5.69. The summed E-state index contributed by atoms with van der Waals surface area (Å²) >= 11 is 6.22. The highest BCUT2D eigenvalue weighted by atomic mass is 35.5. The molecule has 0 spiro atoms. The Morgan fingerprint density at radius 2 is 1.93 bits per heavy atom. The number of nitrogens with zero attached hydrogens (tertiary/aromatic N) is 2. The standard InChI is InChI=1S/C24H21ClN4O/c1-15-21(25)14-28-23(22(15)29-24(30)18-10-11-18)27-13-16-6-8-17(9-7-16)20-5-3-2-4-19(20)12-26/h2-9,14,18H,10-11,13H2,1H3,(H,27,28)(H,29,30). The number of nitrogens with one attached hydrogen (secondary N) is 2. The molecule has 3 aromatic rings. The van der Waals surface area contributed by atoms with Crippen molar-refractivity contribution in [3.8, 4) is 17.2 Å². The molecule has 2 aromatic carbocycles. The van der Waals surface area contributed by atoms with Crippen LogP contribution in [0.2, 0.25) is 5.02 Å². The van der Waals surface area contributed by atoms with Crippen LogP contribution < -0.4 is 10.6 Å². The van der Waals surface area contributed by atoms with Crippen molar-refractivity contribution in [3.63, 3.8) is 0 Å². The molecule has 0 bridgehead atoms. The molecule has 1 fully saturated rings. The Bertz CT molecular complexity index is 1130. The molecule has 0 radical (unpaired) electrons. The minimum atomic E-state index is 0.0192. The van der Waals surface area contributed by atoms with Crippen molar-refractivity contribution in [3.05, 3.63) is 76.4 Å². The predicted molar refractivity (Wildman–Crippen MR) is 119 cm³/mol. The number of benzene rings is 2. The Balaban J connectivity index is 1.50. The number of amides is 1. The summed E-state index contributed by atoms with van der Waals surface area (Å²) in [6.45, 7) is 2.42. The molecule has 1 heterocycles. The number of anilines is 2. The number of carbonyl (C=O) groups excluding carboxylic acids is 1. The maximum absolute atomic E-state index is 12.3. The number of rotatable bonds is 6.